The summed E-state index contributed by atoms with van der Waals surface area (Å²) in [5, 5.41) is 19.3. The smallest absolute Gasteiger partial charge is 0.191 e. The van der Waals surface area contributed by atoms with Crippen LogP contribution in [-0.2, 0) is 5.60 Å². The molecule has 0 aromatic carbocycles. The van der Waals surface area contributed by atoms with Gasteiger partial charge in [-0.15, -0.1) is 11.3 Å². The van der Waals surface area contributed by atoms with Crippen LogP contribution in [0.1, 0.15) is 50.8 Å². The Labute approximate surface area is 156 Å². The number of rotatable bonds is 8. The number of hydrogen-bond acceptors (Lipinski definition) is 4. The van der Waals surface area contributed by atoms with E-state index in [2.05, 4.69) is 27.4 Å². The maximum atomic E-state index is 10.6. The lowest BCUT2D eigenvalue weighted by atomic mass is 10.1. The van der Waals surface area contributed by atoms with Crippen molar-refractivity contribution in [1.82, 2.24) is 15.5 Å². The zero-order valence-electron chi connectivity index (χ0n) is 15.8. The van der Waals surface area contributed by atoms with E-state index in [1.165, 1.54) is 38.8 Å². The van der Waals surface area contributed by atoms with Crippen molar-refractivity contribution in [2.45, 2.75) is 51.6 Å². The van der Waals surface area contributed by atoms with Gasteiger partial charge in [-0.05, 0) is 64.2 Å². The Hall–Kier alpha value is -1.11. The van der Waals surface area contributed by atoms with Gasteiger partial charge in [0.15, 0.2) is 5.96 Å². The Morgan fingerprint density at radius 3 is 2.68 bits per heavy atom. The molecule has 1 aromatic rings. The molecule has 0 amide bonds. The molecule has 1 aliphatic rings. The number of hydrogen-bond donors (Lipinski definition) is 3. The first kappa shape index (κ1) is 20.2. The van der Waals surface area contributed by atoms with Gasteiger partial charge in [-0.25, -0.2) is 4.99 Å². The second-order valence-corrected chi connectivity index (χ2v) is 7.93. The molecule has 0 saturated carbocycles. The number of nitrogens with zero attached hydrogens (tertiary/aromatic N) is 2. The number of likely N-dealkylation sites (tertiary alicyclic amines) is 1. The second-order valence-electron chi connectivity index (χ2n) is 6.98. The zero-order valence-corrected chi connectivity index (χ0v) is 16.6. The quantitative estimate of drug-likeness (QED) is 0.376. The summed E-state index contributed by atoms with van der Waals surface area (Å²) in [5.41, 5.74) is -0.914. The molecule has 0 bridgehead atoms. The average molecular weight is 367 g/mol. The van der Waals surface area contributed by atoms with Gasteiger partial charge in [0, 0.05) is 18.0 Å². The first-order valence-electron chi connectivity index (χ1n) is 9.63. The zero-order chi connectivity index (χ0) is 18.0. The SMILES string of the molecule is CCNC(=NCC(C)(O)c1cccs1)NCCCN1CCCCCC1. The highest BCUT2D eigenvalue weighted by Gasteiger charge is 2.23. The van der Waals surface area contributed by atoms with Crippen molar-refractivity contribution >= 4 is 17.3 Å². The van der Waals surface area contributed by atoms with Gasteiger partial charge < -0.3 is 20.6 Å². The maximum Gasteiger partial charge on any atom is 0.191 e. The van der Waals surface area contributed by atoms with Gasteiger partial charge in [0.2, 0.25) is 0 Å². The van der Waals surface area contributed by atoms with Crippen molar-refractivity contribution in [3.8, 4) is 0 Å². The van der Waals surface area contributed by atoms with E-state index in [0.29, 0.717) is 6.54 Å². The molecule has 3 N–H and O–H groups in total. The van der Waals surface area contributed by atoms with Crippen LogP contribution in [0.15, 0.2) is 22.5 Å². The predicted octanol–water partition coefficient (Wildman–Crippen LogP) is 2.78. The third-order valence-corrected chi connectivity index (χ3v) is 5.71. The first-order valence-corrected chi connectivity index (χ1v) is 10.5. The molecule has 1 fully saturated rings. The van der Waals surface area contributed by atoms with Crippen LogP contribution < -0.4 is 10.6 Å². The average Bonchev–Trinajstić information content (AvgIpc) is 3.03. The lowest BCUT2D eigenvalue weighted by Gasteiger charge is -2.21. The molecule has 1 saturated heterocycles. The van der Waals surface area contributed by atoms with Crippen molar-refractivity contribution in [2.75, 3.05) is 39.3 Å². The summed E-state index contributed by atoms with van der Waals surface area (Å²) in [5.74, 6) is 0.787. The molecular weight excluding hydrogens is 332 g/mol. The molecule has 25 heavy (non-hydrogen) atoms. The molecule has 5 nitrogen and oxygen atoms in total. The summed E-state index contributed by atoms with van der Waals surface area (Å²) in [6.07, 6.45) is 6.57. The van der Waals surface area contributed by atoms with Crippen molar-refractivity contribution in [3.05, 3.63) is 22.4 Å². The minimum absolute atomic E-state index is 0.356. The van der Waals surface area contributed by atoms with Gasteiger partial charge in [0.05, 0.1) is 6.54 Å². The third kappa shape index (κ3) is 7.34. The van der Waals surface area contributed by atoms with E-state index < -0.39 is 5.60 Å². The fourth-order valence-corrected chi connectivity index (χ4v) is 3.89. The minimum atomic E-state index is -0.914. The Bertz CT molecular complexity index is 494. The van der Waals surface area contributed by atoms with Gasteiger partial charge in [-0.2, -0.15) is 0 Å². The van der Waals surface area contributed by atoms with E-state index in [0.717, 1.165) is 36.9 Å². The Kier molecular flexibility index (Phi) is 8.72. The normalized spacial score (nSPS) is 19.2. The van der Waals surface area contributed by atoms with Gasteiger partial charge in [0.25, 0.3) is 0 Å². The minimum Gasteiger partial charge on any atom is -0.383 e. The van der Waals surface area contributed by atoms with E-state index in [1.807, 2.05) is 24.4 Å². The van der Waals surface area contributed by atoms with Crippen LogP contribution in [0.4, 0.5) is 0 Å². The Morgan fingerprint density at radius 1 is 1.28 bits per heavy atom. The van der Waals surface area contributed by atoms with E-state index in [9.17, 15) is 5.11 Å². The number of guanidine groups is 1. The standard InChI is InChI=1S/C19H34N4OS/c1-3-20-18(22-16-19(2,24)17-10-8-15-25-17)21-11-9-14-23-12-6-4-5-7-13-23/h8,10,15,24H,3-7,9,11-14,16H2,1-2H3,(H2,20,21,22). The molecule has 0 aliphatic carbocycles. The van der Waals surface area contributed by atoms with Crippen molar-refractivity contribution < 1.29 is 5.11 Å². The Balaban J connectivity index is 1.75. The highest BCUT2D eigenvalue weighted by molar-refractivity contribution is 7.10. The molecule has 142 valence electrons. The maximum absolute atomic E-state index is 10.6. The molecule has 0 spiro atoms. The fourth-order valence-electron chi connectivity index (χ4n) is 3.11. The van der Waals surface area contributed by atoms with Gasteiger partial charge in [0.1, 0.15) is 5.60 Å². The largest absolute Gasteiger partial charge is 0.383 e. The van der Waals surface area contributed by atoms with Crippen molar-refractivity contribution in [1.29, 1.82) is 0 Å². The van der Waals surface area contributed by atoms with Gasteiger partial charge >= 0.3 is 0 Å². The molecule has 2 rings (SSSR count). The summed E-state index contributed by atoms with van der Waals surface area (Å²) >= 11 is 1.57. The molecule has 0 radical (unpaired) electrons. The lowest BCUT2D eigenvalue weighted by Crippen LogP contribution is -2.40. The van der Waals surface area contributed by atoms with Crippen LogP contribution in [0.25, 0.3) is 0 Å². The van der Waals surface area contributed by atoms with E-state index in [4.69, 9.17) is 0 Å². The number of aliphatic imine (C=N–C) groups is 1. The summed E-state index contributed by atoms with van der Waals surface area (Å²) in [7, 11) is 0. The van der Waals surface area contributed by atoms with Gasteiger partial charge in [-0.3, -0.25) is 0 Å². The molecule has 1 atom stereocenters. The van der Waals surface area contributed by atoms with Crippen molar-refractivity contribution in [2.24, 2.45) is 4.99 Å². The molecule has 1 unspecified atom stereocenters. The van der Waals surface area contributed by atoms with Crippen LogP contribution in [0, 0.1) is 0 Å². The van der Waals surface area contributed by atoms with E-state index >= 15 is 0 Å². The van der Waals surface area contributed by atoms with E-state index in [1.54, 1.807) is 11.3 Å². The first-order chi connectivity index (χ1) is 12.1. The highest BCUT2D eigenvalue weighted by atomic mass is 32.1. The lowest BCUT2D eigenvalue weighted by molar-refractivity contribution is 0.0711. The number of thiophene rings is 1. The monoisotopic (exact) mass is 366 g/mol. The predicted molar refractivity (Wildman–Crippen MR) is 107 cm³/mol. The highest BCUT2D eigenvalue weighted by Crippen LogP contribution is 2.25. The second kappa shape index (κ2) is 10.8. The fraction of sp³-hybridized carbons (Fsp3) is 0.737. The summed E-state index contributed by atoms with van der Waals surface area (Å²) in [6, 6.07) is 3.92. The van der Waals surface area contributed by atoms with Gasteiger partial charge in [-0.1, -0.05) is 18.9 Å². The summed E-state index contributed by atoms with van der Waals surface area (Å²) < 4.78 is 0. The molecule has 1 aromatic heterocycles. The number of aliphatic hydroxyl groups is 1. The third-order valence-electron chi connectivity index (χ3n) is 4.58. The van der Waals surface area contributed by atoms with Crippen molar-refractivity contribution in [3.63, 3.8) is 0 Å². The van der Waals surface area contributed by atoms with Crippen LogP contribution in [-0.4, -0.2) is 55.2 Å². The van der Waals surface area contributed by atoms with E-state index in [-0.39, 0.29) is 0 Å². The van der Waals surface area contributed by atoms with Crippen LogP contribution in [0.5, 0.6) is 0 Å². The molecule has 1 aliphatic heterocycles. The number of nitrogens with one attached hydrogen (secondary N) is 2. The summed E-state index contributed by atoms with van der Waals surface area (Å²) in [4.78, 5) is 8.11. The van der Waals surface area contributed by atoms with Crippen LogP contribution >= 0.6 is 11.3 Å². The topological polar surface area (TPSA) is 59.9 Å². The summed E-state index contributed by atoms with van der Waals surface area (Å²) in [6.45, 7) is 9.61. The van der Waals surface area contributed by atoms with Crippen LogP contribution in [0.3, 0.4) is 0 Å². The molecule has 6 heteroatoms. The molecule has 2 heterocycles. The Morgan fingerprint density at radius 2 is 2.04 bits per heavy atom. The molecular formula is C19H34N4OS. The van der Waals surface area contributed by atoms with Crippen LogP contribution in [0.2, 0.25) is 0 Å².